The first-order valence-corrected chi connectivity index (χ1v) is 13.1. The number of fused-ring (bicyclic) bond motifs is 1. The monoisotopic (exact) mass is 500 g/mol. The summed E-state index contributed by atoms with van der Waals surface area (Å²) in [7, 11) is 1.85. The predicted octanol–water partition coefficient (Wildman–Crippen LogP) is 5.66. The van der Waals surface area contributed by atoms with Crippen LogP contribution in [0.5, 0.6) is 0 Å². The van der Waals surface area contributed by atoms with Crippen LogP contribution in [0.4, 0.5) is 4.79 Å². The number of benzene rings is 3. The number of carbonyl (C=O) groups excluding carboxylic acids is 3. The van der Waals surface area contributed by atoms with Crippen molar-refractivity contribution in [2.75, 3.05) is 7.05 Å². The minimum Gasteiger partial charge on any atom is -0.341 e. The molecule has 3 aromatic carbocycles. The maximum Gasteiger partial charge on any atom is 0.286 e. The molecule has 0 aliphatic carbocycles. The van der Waals surface area contributed by atoms with E-state index in [9.17, 15) is 14.4 Å². The second kappa shape index (κ2) is 10.1. The van der Waals surface area contributed by atoms with Crippen molar-refractivity contribution in [2.45, 2.75) is 24.6 Å². The van der Waals surface area contributed by atoms with E-state index in [4.69, 9.17) is 0 Å². The molecule has 4 aromatic rings. The van der Waals surface area contributed by atoms with Crippen molar-refractivity contribution in [1.82, 2.24) is 10.2 Å². The second-order valence-corrected chi connectivity index (χ2v) is 11.0. The van der Waals surface area contributed by atoms with Crippen LogP contribution in [0.1, 0.15) is 16.0 Å². The summed E-state index contributed by atoms with van der Waals surface area (Å²) in [5.74, 6) is -0.124. The number of rotatable bonds is 7. The highest BCUT2D eigenvalue weighted by atomic mass is 32.2. The Morgan fingerprint density at radius 1 is 0.914 bits per heavy atom. The Morgan fingerprint density at radius 2 is 1.71 bits per heavy atom. The Kier molecular flexibility index (Phi) is 6.70. The highest BCUT2D eigenvalue weighted by molar-refractivity contribution is 8.15. The lowest BCUT2D eigenvalue weighted by Gasteiger charge is -2.17. The van der Waals surface area contributed by atoms with Gasteiger partial charge in [0.05, 0.1) is 11.7 Å². The summed E-state index contributed by atoms with van der Waals surface area (Å²) in [5, 5.41) is 2.87. The average molecular weight is 501 g/mol. The highest BCUT2D eigenvalue weighted by Crippen LogP contribution is 2.27. The first kappa shape index (κ1) is 23.3. The van der Waals surface area contributed by atoms with Crippen LogP contribution in [0.3, 0.4) is 0 Å². The van der Waals surface area contributed by atoms with Gasteiger partial charge in [-0.2, -0.15) is 0 Å². The maximum atomic E-state index is 12.9. The SMILES string of the molecule is CN(Cc1cccc(-c2ccc(CC3SC(=O)NC3=O)cc2)c1)C(=O)Cc1cc2ccccc2s1. The lowest BCUT2D eigenvalue weighted by atomic mass is 10.00. The summed E-state index contributed by atoms with van der Waals surface area (Å²) in [5.41, 5.74) is 4.21. The molecule has 3 amide bonds. The topological polar surface area (TPSA) is 66.5 Å². The van der Waals surface area contributed by atoms with Gasteiger partial charge in [0, 0.05) is 23.2 Å². The van der Waals surface area contributed by atoms with Crippen molar-refractivity contribution in [3.63, 3.8) is 0 Å². The molecule has 0 radical (unpaired) electrons. The molecule has 1 saturated heterocycles. The Bertz CT molecular complexity index is 1380. The van der Waals surface area contributed by atoms with E-state index < -0.39 is 0 Å². The number of hydrogen-bond donors (Lipinski definition) is 1. The van der Waals surface area contributed by atoms with Gasteiger partial charge in [0.1, 0.15) is 0 Å². The van der Waals surface area contributed by atoms with Crippen molar-refractivity contribution in [3.05, 3.63) is 94.9 Å². The van der Waals surface area contributed by atoms with Crippen LogP contribution < -0.4 is 5.32 Å². The number of thioether (sulfide) groups is 1. The molecular weight excluding hydrogens is 476 g/mol. The highest BCUT2D eigenvalue weighted by Gasteiger charge is 2.31. The van der Waals surface area contributed by atoms with Gasteiger partial charge in [-0.05, 0) is 52.3 Å². The van der Waals surface area contributed by atoms with Gasteiger partial charge in [0.15, 0.2) is 0 Å². The van der Waals surface area contributed by atoms with Gasteiger partial charge in [-0.25, -0.2) is 0 Å². The van der Waals surface area contributed by atoms with Crippen LogP contribution in [-0.4, -0.2) is 34.3 Å². The van der Waals surface area contributed by atoms with E-state index in [0.29, 0.717) is 19.4 Å². The number of likely N-dealkylation sites (N-methyl/N-ethyl adjacent to an activating group) is 1. The number of thiophene rings is 1. The fourth-order valence-corrected chi connectivity index (χ4v) is 6.11. The van der Waals surface area contributed by atoms with Crippen molar-refractivity contribution in [1.29, 1.82) is 0 Å². The maximum absolute atomic E-state index is 12.9. The smallest absolute Gasteiger partial charge is 0.286 e. The van der Waals surface area contributed by atoms with Gasteiger partial charge < -0.3 is 4.90 Å². The van der Waals surface area contributed by atoms with Crippen molar-refractivity contribution in [2.24, 2.45) is 0 Å². The number of imide groups is 1. The quantitative estimate of drug-likeness (QED) is 0.355. The molecule has 176 valence electrons. The van der Waals surface area contributed by atoms with Crippen LogP contribution in [-0.2, 0) is 29.0 Å². The van der Waals surface area contributed by atoms with Gasteiger partial charge in [-0.3, -0.25) is 19.7 Å². The van der Waals surface area contributed by atoms with E-state index in [1.807, 2.05) is 55.6 Å². The van der Waals surface area contributed by atoms with Gasteiger partial charge in [0.25, 0.3) is 5.24 Å². The molecule has 35 heavy (non-hydrogen) atoms. The fourth-order valence-electron chi connectivity index (χ4n) is 4.19. The molecule has 5 rings (SSSR count). The molecule has 1 aliphatic rings. The third-order valence-corrected chi connectivity index (χ3v) is 8.15. The molecule has 0 saturated carbocycles. The van der Waals surface area contributed by atoms with Crippen LogP contribution in [0, 0.1) is 0 Å². The van der Waals surface area contributed by atoms with Crippen LogP contribution in [0.15, 0.2) is 78.9 Å². The third-order valence-electron chi connectivity index (χ3n) is 6.05. The van der Waals surface area contributed by atoms with Crippen LogP contribution in [0.25, 0.3) is 21.2 Å². The Hall–Kier alpha value is -3.42. The molecular formula is C28H24N2O3S2. The largest absolute Gasteiger partial charge is 0.341 e. The van der Waals surface area contributed by atoms with E-state index in [1.54, 1.807) is 16.2 Å². The lowest BCUT2D eigenvalue weighted by molar-refractivity contribution is -0.129. The summed E-state index contributed by atoms with van der Waals surface area (Å²) < 4.78 is 1.20. The van der Waals surface area contributed by atoms with Crippen molar-refractivity contribution in [3.8, 4) is 11.1 Å². The first-order valence-electron chi connectivity index (χ1n) is 11.4. The van der Waals surface area contributed by atoms with Gasteiger partial charge in [-0.1, -0.05) is 72.4 Å². The zero-order chi connectivity index (χ0) is 24.4. The van der Waals surface area contributed by atoms with E-state index in [1.165, 1.54) is 10.1 Å². The molecule has 1 N–H and O–H groups in total. The van der Waals surface area contributed by atoms with E-state index in [0.717, 1.165) is 38.9 Å². The van der Waals surface area contributed by atoms with Crippen LogP contribution in [0.2, 0.25) is 0 Å². The summed E-state index contributed by atoms with van der Waals surface area (Å²) in [6, 6.07) is 26.6. The lowest BCUT2D eigenvalue weighted by Crippen LogP contribution is -2.27. The van der Waals surface area contributed by atoms with E-state index in [2.05, 4.69) is 35.6 Å². The van der Waals surface area contributed by atoms with Gasteiger partial charge in [0.2, 0.25) is 11.8 Å². The summed E-state index contributed by atoms with van der Waals surface area (Å²) in [4.78, 5) is 38.9. The molecule has 1 aromatic heterocycles. The molecule has 5 nitrogen and oxygen atoms in total. The fraction of sp³-hybridized carbons (Fsp3) is 0.179. The summed E-state index contributed by atoms with van der Waals surface area (Å²) >= 11 is 2.72. The van der Waals surface area contributed by atoms with E-state index in [-0.39, 0.29) is 22.3 Å². The van der Waals surface area contributed by atoms with Gasteiger partial charge in [-0.15, -0.1) is 11.3 Å². The summed E-state index contributed by atoms with van der Waals surface area (Å²) in [6.45, 7) is 0.539. The normalized spacial score (nSPS) is 15.4. The molecule has 0 spiro atoms. The van der Waals surface area contributed by atoms with Gasteiger partial charge >= 0.3 is 0 Å². The number of hydrogen-bond acceptors (Lipinski definition) is 5. The molecule has 1 atom stereocenters. The minimum atomic E-state index is -0.364. The summed E-state index contributed by atoms with van der Waals surface area (Å²) in [6.07, 6.45) is 0.926. The zero-order valence-electron chi connectivity index (χ0n) is 19.2. The number of carbonyl (C=O) groups is 3. The molecule has 1 aliphatic heterocycles. The standard InChI is InChI=1S/C28H24N2O3S2/c1-30(26(31)16-23-15-22-6-2-3-8-24(22)34-23)17-19-5-4-7-21(13-19)20-11-9-18(10-12-20)14-25-27(32)29-28(33)35-25/h2-13,15,25H,14,16-17H2,1H3,(H,29,32,33). The Balaban J connectivity index is 1.22. The molecule has 1 fully saturated rings. The molecule has 2 heterocycles. The molecule has 7 heteroatoms. The Labute approximate surface area is 212 Å². The number of nitrogens with zero attached hydrogens (tertiary/aromatic N) is 1. The molecule has 0 bridgehead atoms. The predicted molar refractivity (Wildman–Crippen MR) is 143 cm³/mol. The van der Waals surface area contributed by atoms with E-state index >= 15 is 0 Å². The minimum absolute atomic E-state index is 0.0959. The number of nitrogens with one attached hydrogen (secondary N) is 1. The molecule has 1 unspecified atom stereocenters. The number of amides is 3. The Morgan fingerprint density at radius 3 is 2.46 bits per heavy atom. The van der Waals surface area contributed by atoms with Crippen LogP contribution >= 0.6 is 23.1 Å². The zero-order valence-corrected chi connectivity index (χ0v) is 20.8. The second-order valence-electron chi connectivity index (χ2n) is 8.66. The third kappa shape index (κ3) is 5.47. The average Bonchev–Trinajstić information content (AvgIpc) is 3.40. The first-order chi connectivity index (χ1) is 16.9. The van der Waals surface area contributed by atoms with Crippen molar-refractivity contribution < 1.29 is 14.4 Å². The van der Waals surface area contributed by atoms with Crippen molar-refractivity contribution >= 4 is 50.2 Å².